The first-order valence-corrected chi connectivity index (χ1v) is 5.33. The largest absolute Gasteiger partial charge is 0.336 e. The number of hydrogen-bond acceptors (Lipinski definition) is 2. The summed E-state index contributed by atoms with van der Waals surface area (Å²) in [6.07, 6.45) is 2.21. The van der Waals surface area contributed by atoms with Crippen LogP contribution in [-0.2, 0) is 0 Å². The Balaban J connectivity index is 2.49. The Labute approximate surface area is 99.6 Å². The Hall–Kier alpha value is -1.13. The van der Waals surface area contributed by atoms with Crippen LogP contribution in [0.3, 0.4) is 0 Å². The normalized spacial score (nSPS) is 10.3. The molecule has 0 spiro atoms. The minimum absolute atomic E-state index is 0.451. The Bertz CT molecular complexity index is 510. The molecule has 1 aromatic heterocycles. The molecule has 0 saturated heterocycles. The van der Waals surface area contributed by atoms with Crippen LogP contribution in [0.15, 0.2) is 28.9 Å². The van der Waals surface area contributed by atoms with Crippen LogP contribution < -0.4 is 0 Å². The standard InChI is InChI=1S/C10H6BrClN2O/c11-9-3-6(12)1-2-8(9)10-13-4-7(5-15)14-10/h1-5H,(H,13,14). The Morgan fingerprint density at radius 1 is 1.47 bits per heavy atom. The van der Waals surface area contributed by atoms with Crippen LogP contribution in [0.2, 0.25) is 5.02 Å². The monoisotopic (exact) mass is 284 g/mol. The predicted octanol–water partition coefficient (Wildman–Crippen LogP) is 3.31. The van der Waals surface area contributed by atoms with Crippen molar-refractivity contribution in [2.75, 3.05) is 0 Å². The van der Waals surface area contributed by atoms with Crippen LogP contribution in [-0.4, -0.2) is 16.3 Å². The van der Waals surface area contributed by atoms with Gasteiger partial charge >= 0.3 is 0 Å². The molecule has 2 rings (SSSR count). The van der Waals surface area contributed by atoms with Gasteiger partial charge in [-0.1, -0.05) is 11.6 Å². The van der Waals surface area contributed by atoms with Crippen LogP contribution >= 0.6 is 27.5 Å². The topological polar surface area (TPSA) is 45.8 Å². The van der Waals surface area contributed by atoms with Gasteiger partial charge in [0.05, 0.1) is 11.9 Å². The van der Waals surface area contributed by atoms with Crippen molar-refractivity contribution in [2.24, 2.45) is 0 Å². The summed E-state index contributed by atoms with van der Waals surface area (Å²) in [5.41, 5.74) is 1.32. The number of carbonyl (C=O) groups excluding carboxylic acids is 1. The van der Waals surface area contributed by atoms with Gasteiger partial charge in [0, 0.05) is 15.1 Å². The van der Waals surface area contributed by atoms with Gasteiger partial charge in [-0.15, -0.1) is 0 Å². The minimum atomic E-state index is 0.451. The second-order valence-electron chi connectivity index (χ2n) is 2.93. The summed E-state index contributed by atoms with van der Waals surface area (Å²) < 4.78 is 0.835. The average Bonchev–Trinajstić information content (AvgIpc) is 2.66. The number of nitrogens with one attached hydrogen (secondary N) is 1. The molecule has 2 aromatic rings. The van der Waals surface area contributed by atoms with E-state index in [9.17, 15) is 4.79 Å². The number of aldehydes is 1. The van der Waals surface area contributed by atoms with E-state index >= 15 is 0 Å². The maximum absolute atomic E-state index is 10.5. The molecule has 3 nitrogen and oxygen atoms in total. The van der Waals surface area contributed by atoms with Crippen LogP contribution in [0.1, 0.15) is 10.5 Å². The Morgan fingerprint density at radius 3 is 2.87 bits per heavy atom. The molecule has 76 valence electrons. The molecule has 5 heteroatoms. The molecule has 15 heavy (non-hydrogen) atoms. The van der Waals surface area contributed by atoms with Gasteiger partial charge in [0.1, 0.15) is 5.82 Å². The van der Waals surface area contributed by atoms with Crippen molar-refractivity contribution < 1.29 is 4.79 Å². The number of benzene rings is 1. The van der Waals surface area contributed by atoms with Crippen molar-refractivity contribution in [3.8, 4) is 11.4 Å². The lowest BCUT2D eigenvalue weighted by atomic mass is 10.2. The van der Waals surface area contributed by atoms with Crippen LogP contribution in [0.4, 0.5) is 0 Å². The quantitative estimate of drug-likeness (QED) is 0.861. The number of aromatic amines is 1. The van der Waals surface area contributed by atoms with E-state index < -0.39 is 0 Å². The lowest BCUT2D eigenvalue weighted by Crippen LogP contribution is -1.83. The highest BCUT2D eigenvalue weighted by atomic mass is 79.9. The molecule has 0 unspecified atom stereocenters. The molecule has 0 atom stereocenters. The molecule has 1 N–H and O–H groups in total. The highest BCUT2D eigenvalue weighted by Gasteiger charge is 2.07. The van der Waals surface area contributed by atoms with Gasteiger partial charge in [-0.3, -0.25) is 4.79 Å². The van der Waals surface area contributed by atoms with Crippen LogP contribution in [0.5, 0.6) is 0 Å². The van der Waals surface area contributed by atoms with Gasteiger partial charge in [-0.05, 0) is 34.1 Å². The highest BCUT2D eigenvalue weighted by molar-refractivity contribution is 9.10. The molecule has 0 aliphatic rings. The van der Waals surface area contributed by atoms with Gasteiger partial charge < -0.3 is 4.98 Å². The lowest BCUT2D eigenvalue weighted by molar-refractivity contribution is 0.111. The molecule has 1 heterocycles. The van der Waals surface area contributed by atoms with E-state index in [1.54, 1.807) is 12.1 Å². The first-order chi connectivity index (χ1) is 7.20. The second-order valence-corrected chi connectivity index (χ2v) is 4.22. The highest BCUT2D eigenvalue weighted by Crippen LogP contribution is 2.28. The van der Waals surface area contributed by atoms with Crippen molar-refractivity contribution in [2.45, 2.75) is 0 Å². The van der Waals surface area contributed by atoms with Gasteiger partial charge in [0.15, 0.2) is 6.29 Å². The molecule has 1 aromatic carbocycles. The lowest BCUT2D eigenvalue weighted by Gasteiger charge is -2.00. The van der Waals surface area contributed by atoms with E-state index in [4.69, 9.17) is 11.6 Å². The first-order valence-electron chi connectivity index (χ1n) is 4.16. The first kappa shape index (κ1) is 10.4. The van der Waals surface area contributed by atoms with Crippen molar-refractivity contribution in [1.29, 1.82) is 0 Å². The molecule has 0 bridgehead atoms. The van der Waals surface area contributed by atoms with E-state index in [2.05, 4.69) is 25.9 Å². The Kier molecular flexibility index (Phi) is 2.88. The average molecular weight is 286 g/mol. The molecule has 0 radical (unpaired) electrons. The zero-order valence-electron chi connectivity index (χ0n) is 7.50. The van der Waals surface area contributed by atoms with Crippen molar-refractivity contribution in [3.05, 3.63) is 39.6 Å². The summed E-state index contributed by atoms with van der Waals surface area (Å²) in [7, 11) is 0. The second kappa shape index (κ2) is 4.16. The molecule has 0 amide bonds. The summed E-state index contributed by atoms with van der Waals surface area (Å²) in [4.78, 5) is 17.5. The molecule has 0 saturated carbocycles. The fraction of sp³-hybridized carbons (Fsp3) is 0. The van der Waals surface area contributed by atoms with Gasteiger partial charge in [-0.25, -0.2) is 4.98 Å². The summed E-state index contributed by atoms with van der Waals surface area (Å²) in [5.74, 6) is 0.639. The minimum Gasteiger partial charge on any atom is -0.336 e. The van der Waals surface area contributed by atoms with Crippen molar-refractivity contribution >= 4 is 33.8 Å². The van der Waals surface area contributed by atoms with Gasteiger partial charge in [0.25, 0.3) is 0 Å². The van der Waals surface area contributed by atoms with E-state index in [0.29, 0.717) is 16.5 Å². The summed E-state index contributed by atoms with van der Waals surface area (Å²) in [6.45, 7) is 0. The number of imidazole rings is 1. The number of nitrogens with zero attached hydrogens (tertiary/aromatic N) is 1. The third-order valence-electron chi connectivity index (χ3n) is 1.91. The molecule has 0 aliphatic carbocycles. The SMILES string of the molecule is O=Cc1cnc(-c2ccc(Cl)cc2Br)[nH]1. The van der Waals surface area contributed by atoms with Crippen LogP contribution in [0.25, 0.3) is 11.4 Å². The maximum atomic E-state index is 10.5. The number of halogens is 2. The zero-order chi connectivity index (χ0) is 10.8. The van der Waals surface area contributed by atoms with E-state index in [1.165, 1.54) is 6.20 Å². The van der Waals surface area contributed by atoms with Gasteiger partial charge in [-0.2, -0.15) is 0 Å². The summed E-state index contributed by atoms with van der Waals surface area (Å²) in [5, 5.41) is 0.646. The number of carbonyl (C=O) groups is 1. The molecule has 0 aliphatic heterocycles. The third-order valence-corrected chi connectivity index (χ3v) is 2.80. The van der Waals surface area contributed by atoms with Crippen molar-refractivity contribution in [1.82, 2.24) is 9.97 Å². The van der Waals surface area contributed by atoms with Gasteiger partial charge in [0.2, 0.25) is 0 Å². The third kappa shape index (κ3) is 2.11. The predicted molar refractivity (Wildman–Crippen MR) is 62.1 cm³/mol. The van der Waals surface area contributed by atoms with E-state index in [1.807, 2.05) is 6.07 Å². The smallest absolute Gasteiger partial charge is 0.167 e. The van der Waals surface area contributed by atoms with E-state index in [-0.39, 0.29) is 0 Å². The zero-order valence-corrected chi connectivity index (χ0v) is 9.84. The summed E-state index contributed by atoms with van der Waals surface area (Å²) >= 11 is 9.20. The molecular formula is C10H6BrClN2O. The fourth-order valence-electron chi connectivity index (χ4n) is 1.21. The molecular weight excluding hydrogens is 279 g/mol. The number of aromatic nitrogens is 2. The number of H-pyrrole nitrogens is 1. The van der Waals surface area contributed by atoms with E-state index in [0.717, 1.165) is 16.3 Å². The van der Waals surface area contributed by atoms with Crippen LogP contribution in [0, 0.1) is 0 Å². The number of rotatable bonds is 2. The number of hydrogen-bond donors (Lipinski definition) is 1. The van der Waals surface area contributed by atoms with Crippen molar-refractivity contribution in [3.63, 3.8) is 0 Å². The summed E-state index contributed by atoms with van der Waals surface area (Å²) in [6, 6.07) is 5.38. The molecule has 0 fully saturated rings. The Morgan fingerprint density at radius 2 is 2.27 bits per heavy atom. The fourth-order valence-corrected chi connectivity index (χ4v) is 2.08. The maximum Gasteiger partial charge on any atom is 0.167 e.